The number of nitrogens with zero attached hydrogens (tertiary/aromatic N) is 6. The summed E-state index contributed by atoms with van der Waals surface area (Å²) in [5.41, 5.74) is 2.53. The molecule has 6 heteroatoms. The molecule has 0 fully saturated rings. The van der Waals surface area contributed by atoms with Crippen LogP contribution in [-0.2, 0) is 0 Å². The average molecular weight is 400 g/mol. The minimum atomic E-state index is -0.464. The Labute approximate surface area is 180 Å². The average Bonchev–Trinajstić information content (AvgIpc) is 2.83. The van der Waals surface area contributed by atoms with E-state index in [2.05, 4.69) is 60.5 Å². The zero-order valence-corrected chi connectivity index (χ0v) is 16.7. The van der Waals surface area contributed by atoms with Gasteiger partial charge >= 0.3 is 0 Å². The van der Waals surface area contributed by atoms with Crippen LogP contribution in [0.3, 0.4) is 0 Å². The zero-order chi connectivity index (χ0) is 21.3. The standard InChI is InChI=1S/C25H16N6/c1-31-24(6-3-21-10-16-27-17-11-21)29-23(5-2-20-8-14-26-15-9-20)30-25(31)7-4-22-12-18-28-19-13-22/h8-19,24H,1H3. The zero-order valence-electron chi connectivity index (χ0n) is 16.7. The number of aromatic nitrogens is 3. The van der Waals surface area contributed by atoms with Gasteiger partial charge in [-0.15, -0.1) is 0 Å². The van der Waals surface area contributed by atoms with Gasteiger partial charge in [-0.3, -0.25) is 15.0 Å². The van der Waals surface area contributed by atoms with Crippen molar-refractivity contribution in [2.45, 2.75) is 6.17 Å². The molecule has 0 aliphatic carbocycles. The molecule has 0 amide bonds. The molecule has 0 radical (unpaired) electrons. The lowest BCUT2D eigenvalue weighted by molar-refractivity contribution is 0.448. The summed E-state index contributed by atoms with van der Waals surface area (Å²) < 4.78 is 0. The second-order valence-electron chi connectivity index (χ2n) is 6.35. The lowest BCUT2D eigenvalue weighted by atomic mass is 10.2. The summed E-state index contributed by atoms with van der Waals surface area (Å²) in [5, 5.41) is 0. The lowest BCUT2D eigenvalue weighted by Crippen LogP contribution is -2.38. The normalized spacial score (nSPS) is 14.5. The van der Waals surface area contributed by atoms with Crippen molar-refractivity contribution in [3.05, 3.63) is 90.3 Å². The van der Waals surface area contributed by atoms with E-state index in [9.17, 15) is 0 Å². The molecule has 6 nitrogen and oxygen atoms in total. The minimum absolute atomic E-state index is 0.378. The number of hydrogen-bond donors (Lipinski definition) is 0. The topological polar surface area (TPSA) is 66.6 Å². The maximum atomic E-state index is 4.60. The number of aliphatic imine (C=N–C) groups is 2. The monoisotopic (exact) mass is 400 g/mol. The fraction of sp³-hybridized carbons (Fsp3) is 0.0800. The van der Waals surface area contributed by atoms with Crippen molar-refractivity contribution >= 4 is 11.7 Å². The fourth-order valence-corrected chi connectivity index (χ4v) is 2.54. The summed E-state index contributed by atoms with van der Waals surface area (Å²) in [7, 11) is 1.86. The SMILES string of the molecule is CN1C(C#Cc2ccncc2)=NC(C#Cc2ccncc2)=NC1C#Cc1ccncc1. The van der Waals surface area contributed by atoms with Gasteiger partial charge in [0.05, 0.1) is 0 Å². The number of amidine groups is 2. The van der Waals surface area contributed by atoms with Crippen molar-refractivity contribution in [2.24, 2.45) is 9.98 Å². The maximum absolute atomic E-state index is 4.60. The second kappa shape index (κ2) is 9.65. The van der Waals surface area contributed by atoms with Gasteiger partial charge in [0, 0.05) is 60.9 Å². The summed E-state index contributed by atoms with van der Waals surface area (Å²) in [6.45, 7) is 0. The van der Waals surface area contributed by atoms with Crippen molar-refractivity contribution in [3.8, 4) is 35.5 Å². The third-order valence-electron chi connectivity index (χ3n) is 4.18. The quantitative estimate of drug-likeness (QED) is 0.544. The predicted octanol–water partition coefficient (Wildman–Crippen LogP) is 2.40. The highest BCUT2D eigenvalue weighted by Gasteiger charge is 2.20. The van der Waals surface area contributed by atoms with Crippen molar-refractivity contribution in [3.63, 3.8) is 0 Å². The molecular formula is C25H16N6. The van der Waals surface area contributed by atoms with E-state index >= 15 is 0 Å². The summed E-state index contributed by atoms with van der Waals surface area (Å²) in [6, 6.07) is 11.0. The van der Waals surface area contributed by atoms with Crippen LogP contribution in [0.1, 0.15) is 16.7 Å². The van der Waals surface area contributed by atoms with E-state index in [0.29, 0.717) is 11.7 Å². The minimum Gasteiger partial charge on any atom is -0.320 e. The van der Waals surface area contributed by atoms with E-state index < -0.39 is 6.17 Å². The van der Waals surface area contributed by atoms with Crippen LogP contribution in [0.25, 0.3) is 0 Å². The summed E-state index contributed by atoms with van der Waals surface area (Å²) in [6.07, 6.45) is 9.73. The van der Waals surface area contributed by atoms with Crippen molar-refractivity contribution in [2.75, 3.05) is 7.05 Å². The van der Waals surface area contributed by atoms with Crippen molar-refractivity contribution in [1.82, 2.24) is 19.9 Å². The first-order valence-corrected chi connectivity index (χ1v) is 9.43. The number of hydrogen-bond acceptors (Lipinski definition) is 6. The van der Waals surface area contributed by atoms with Crippen LogP contribution >= 0.6 is 0 Å². The van der Waals surface area contributed by atoms with Crippen LogP contribution in [0.15, 0.2) is 83.6 Å². The molecule has 1 atom stereocenters. The summed E-state index contributed by atoms with van der Waals surface area (Å²) in [4.78, 5) is 23.0. The van der Waals surface area contributed by atoms with Crippen LogP contribution in [0.5, 0.6) is 0 Å². The molecule has 3 aromatic rings. The first-order chi connectivity index (χ1) is 15.3. The number of pyridine rings is 3. The van der Waals surface area contributed by atoms with E-state index in [-0.39, 0.29) is 0 Å². The van der Waals surface area contributed by atoms with E-state index in [1.54, 1.807) is 37.2 Å². The molecule has 3 aromatic heterocycles. The lowest BCUT2D eigenvalue weighted by Gasteiger charge is -2.24. The Balaban J connectivity index is 1.68. The van der Waals surface area contributed by atoms with E-state index in [1.165, 1.54) is 0 Å². The molecule has 0 saturated heterocycles. The largest absolute Gasteiger partial charge is 0.320 e. The summed E-state index contributed by atoms with van der Waals surface area (Å²) in [5.74, 6) is 19.5. The Bertz CT molecular complexity index is 1300. The molecule has 146 valence electrons. The van der Waals surface area contributed by atoms with Crippen LogP contribution in [0.4, 0.5) is 0 Å². The molecule has 4 rings (SSSR count). The molecule has 4 heterocycles. The molecule has 1 unspecified atom stereocenters. The van der Waals surface area contributed by atoms with E-state index in [0.717, 1.165) is 16.7 Å². The highest BCUT2D eigenvalue weighted by atomic mass is 15.3. The Morgan fingerprint density at radius 1 is 0.645 bits per heavy atom. The summed E-state index contributed by atoms with van der Waals surface area (Å²) >= 11 is 0. The molecule has 0 N–H and O–H groups in total. The van der Waals surface area contributed by atoms with Crippen molar-refractivity contribution in [1.29, 1.82) is 0 Å². The third-order valence-corrected chi connectivity index (χ3v) is 4.18. The molecule has 0 spiro atoms. The molecule has 0 saturated carbocycles. The fourth-order valence-electron chi connectivity index (χ4n) is 2.54. The molecular weight excluding hydrogens is 384 g/mol. The van der Waals surface area contributed by atoms with Crippen LogP contribution in [-0.4, -0.2) is 44.7 Å². The van der Waals surface area contributed by atoms with Gasteiger partial charge in [-0.2, -0.15) is 4.99 Å². The Kier molecular flexibility index (Phi) is 6.10. The highest BCUT2D eigenvalue weighted by molar-refractivity contribution is 6.13. The van der Waals surface area contributed by atoms with Gasteiger partial charge in [0.1, 0.15) is 0 Å². The number of rotatable bonds is 0. The van der Waals surface area contributed by atoms with Crippen LogP contribution < -0.4 is 0 Å². The molecule has 0 bridgehead atoms. The Morgan fingerprint density at radius 2 is 1.13 bits per heavy atom. The predicted molar refractivity (Wildman–Crippen MR) is 120 cm³/mol. The van der Waals surface area contributed by atoms with Crippen LogP contribution in [0, 0.1) is 35.5 Å². The second-order valence-corrected chi connectivity index (χ2v) is 6.35. The maximum Gasteiger partial charge on any atom is 0.206 e. The first kappa shape index (κ1) is 19.6. The van der Waals surface area contributed by atoms with Gasteiger partial charge in [0.25, 0.3) is 0 Å². The van der Waals surface area contributed by atoms with Crippen molar-refractivity contribution < 1.29 is 0 Å². The third kappa shape index (κ3) is 5.41. The van der Waals surface area contributed by atoms with Crippen LogP contribution in [0.2, 0.25) is 0 Å². The molecule has 31 heavy (non-hydrogen) atoms. The Morgan fingerprint density at radius 3 is 1.68 bits per heavy atom. The Hall–Kier alpha value is -4.73. The molecule has 0 aromatic carbocycles. The van der Waals surface area contributed by atoms with Gasteiger partial charge < -0.3 is 4.90 Å². The van der Waals surface area contributed by atoms with Gasteiger partial charge in [-0.25, -0.2) is 4.99 Å². The van der Waals surface area contributed by atoms with E-state index in [4.69, 9.17) is 0 Å². The highest BCUT2D eigenvalue weighted by Crippen LogP contribution is 2.08. The van der Waals surface area contributed by atoms with Gasteiger partial charge in [0.15, 0.2) is 12.0 Å². The van der Waals surface area contributed by atoms with Gasteiger partial charge in [-0.05, 0) is 54.2 Å². The van der Waals surface area contributed by atoms with Gasteiger partial charge in [-0.1, -0.05) is 17.8 Å². The molecule has 1 aliphatic rings. The first-order valence-electron chi connectivity index (χ1n) is 9.43. The molecule has 1 aliphatic heterocycles. The smallest absolute Gasteiger partial charge is 0.206 e. The van der Waals surface area contributed by atoms with Gasteiger partial charge in [0.2, 0.25) is 5.84 Å². The van der Waals surface area contributed by atoms with E-state index in [1.807, 2.05) is 48.3 Å².